The zero-order valence-corrected chi connectivity index (χ0v) is 17.1. The molecule has 0 bridgehead atoms. The van der Waals surface area contributed by atoms with Crippen molar-refractivity contribution >= 4 is 17.7 Å². The van der Waals surface area contributed by atoms with Crippen LogP contribution < -0.4 is 5.32 Å². The van der Waals surface area contributed by atoms with Crippen molar-refractivity contribution in [3.63, 3.8) is 0 Å². The van der Waals surface area contributed by atoms with E-state index in [1.807, 2.05) is 13.0 Å². The Kier molecular flexibility index (Phi) is 7.96. The van der Waals surface area contributed by atoms with Crippen LogP contribution in [-0.2, 0) is 4.79 Å². The molecule has 154 valence electrons. The molecule has 1 fully saturated rings. The van der Waals surface area contributed by atoms with Gasteiger partial charge in [0, 0.05) is 38.3 Å². The van der Waals surface area contributed by atoms with Crippen molar-refractivity contribution in [2.24, 2.45) is 0 Å². The van der Waals surface area contributed by atoms with Gasteiger partial charge in [0.25, 0.3) is 0 Å². The molecule has 0 atom stereocenters. The number of hydrogen-bond acceptors (Lipinski definition) is 3. The minimum Gasteiger partial charge on any atom is -0.326 e. The lowest BCUT2D eigenvalue weighted by Gasteiger charge is -2.20. The Morgan fingerprint density at radius 1 is 1.07 bits per heavy atom. The van der Waals surface area contributed by atoms with Gasteiger partial charge in [-0.2, -0.15) is 0 Å². The van der Waals surface area contributed by atoms with Crippen LogP contribution in [0.5, 0.6) is 0 Å². The molecule has 29 heavy (non-hydrogen) atoms. The molecule has 5 heteroatoms. The normalized spacial score (nSPS) is 16.1. The van der Waals surface area contributed by atoms with Gasteiger partial charge in [0.1, 0.15) is 5.82 Å². The van der Waals surface area contributed by atoms with Gasteiger partial charge in [-0.05, 0) is 49.7 Å². The maximum atomic E-state index is 13.4. The predicted octanol–water partition coefficient (Wildman–Crippen LogP) is 4.18. The highest BCUT2D eigenvalue weighted by Gasteiger charge is 2.15. The highest BCUT2D eigenvalue weighted by atomic mass is 19.1. The summed E-state index contributed by atoms with van der Waals surface area (Å²) in [6.45, 7) is 7.59. The summed E-state index contributed by atoms with van der Waals surface area (Å²) in [5.74, 6) is -0.398. The number of nitrogens with one attached hydrogen (secondary N) is 1. The van der Waals surface area contributed by atoms with Crippen molar-refractivity contribution in [1.29, 1.82) is 0 Å². The first-order valence-corrected chi connectivity index (χ1v) is 10.3. The van der Waals surface area contributed by atoms with Gasteiger partial charge in [-0.1, -0.05) is 48.6 Å². The summed E-state index contributed by atoms with van der Waals surface area (Å²) in [5.41, 5.74) is 2.65. The van der Waals surface area contributed by atoms with E-state index >= 15 is 0 Å². The second-order valence-corrected chi connectivity index (χ2v) is 7.57. The topological polar surface area (TPSA) is 35.6 Å². The molecule has 0 unspecified atom stereocenters. The molecule has 0 spiro atoms. The van der Waals surface area contributed by atoms with Gasteiger partial charge in [-0.15, -0.1) is 0 Å². The van der Waals surface area contributed by atoms with Crippen LogP contribution in [0.15, 0.2) is 54.6 Å². The highest BCUT2D eigenvalue weighted by molar-refractivity contribution is 5.91. The molecule has 1 heterocycles. The minimum atomic E-state index is -0.333. The quantitative estimate of drug-likeness (QED) is 0.764. The van der Waals surface area contributed by atoms with Gasteiger partial charge in [0.2, 0.25) is 5.91 Å². The smallest absolute Gasteiger partial charge is 0.225 e. The molecular formula is C24H30FN3O. The summed E-state index contributed by atoms with van der Waals surface area (Å²) in [5, 5.41) is 2.83. The van der Waals surface area contributed by atoms with Crippen LogP contribution in [0.2, 0.25) is 0 Å². The van der Waals surface area contributed by atoms with Gasteiger partial charge in [0.05, 0.1) is 0 Å². The van der Waals surface area contributed by atoms with Crippen molar-refractivity contribution in [2.45, 2.75) is 19.8 Å². The van der Waals surface area contributed by atoms with E-state index in [1.54, 1.807) is 6.07 Å². The van der Waals surface area contributed by atoms with Crippen molar-refractivity contribution in [3.05, 3.63) is 71.6 Å². The monoisotopic (exact) mass is 395 g/mol. The first-order valence-electron chi connectivity index (χ1n) is 10.3. The molecule has 0 saturated carbocycles. The number of benzene rings is 2. The summed E-state index contributed by atoms with van der Waals surface area (Å²) in [6, 6.07) is 14.8. The fourth-order valence-corrected chi connectivity index (χ4v) is 3.53. The Morgan fingerprint density at radius 2 is 1.83 bits per heavy atom. The summed E-state index contributed by atoms with van der Waals surface area (Å²) < 4.78 is 13.4. The maximum absolute atomic E-state index is 13.4. The largest absolute Gasteiger partial charge is 0.326 e. The number of halogens is 1. The fourth-order valence-electron chi connectivity index (χ4n) is 3.53. The third kappa shape index (κ3) is 7.11. The molecule has 0 aromatic heterocycles. The molecule has 0 radical (unpaired) electrons. The van der Waals surface area contributed by atoms with Gasteiger partial charge in [-0.3, -0.25) is 9.69 Å². The first-order chi connectivity index (χ1) is 14.1. The predicted molar refractivity (Wildman–Crippen MR) is 117 cm³/mol. The molecule has 2 aromatic rings. The van der Waals surface area contributed by atoms with E-state index < -0.39 is 0 Å². The number of hydrogen-bond donors (Lipinski definition) is 1. The van der Waals surface area contributed by atoms with Gasteiger partial charge in [-0.25, -0.2) is 4.39 Å². The SMILES string of the molecule is Cc1ccc(F)cc1NC(=O)CCN1CCCN(C/C=C/c2ccccc2)CC1. The Bertz CT molecular complexity index is 822. The van der Waals surface area contributed by atoms with E-state index in [9.17, 15) is 9.18 Å². The van der Waals surface area contributed by atoms with Gasteiger partial charge < -0.3 is 10.2 Å². The number of aryl methyl sites for hydroxylation is 1. The van der Waals surface area contributed by atoms with Crippen molar-refractivity contribution in [1.82, 2.24) is 9.80 Å². The van der Waals surface area contributed by atoms with E-state index in [2.05, 4.69) is 51.5 Å². The fraction of sp³-hybridized carbons (Fsp3) is 0.375. The number of amides is 1. The summed E-state index contributed by atoms with van der Waals surface area (Å²) in [7, 11) is 0. The molecule has 4 nitrogen and oxygen atoms in total. The van der Waals surface area contributed by atoms with Crippen LogP contribution >= 0.6 is 0 Å². The molecule has 2 aromatic carbocycles. The highest BCUT2D eigenvalue weighted by Crippen LogP contribution is 2.16. The van der Waals surface area contributed by atoms with Crippen molar-refractivity contribution < 1.29 is 9.18 Å². The van der Waals surface area contributed by atoms with E-state index in [0.29, 0.717) is 12.1 Å². The molecule has 0 aliphatic carbocycles. The Balaban J connectivity index is 1.40. The van der Waals surface area contributed by atoms with E-state index in [-0.39, 0.29) is 11.7 Å². The second-order valence-electron chi connectivity index (χ2n) is 7.57. The second kappa shape index (κ2) is 10.9. The average Bonchev–Trinajstić information content (AvgIpc) is 2.95. The first kappa shape index (κ1) is 21.2. The minimum absolute atomic E-state index is 0.0643. The van der Waals surface area contributed by atoms with Crippen LogP contribution in [0.3, 0.4) is 0 Å². The lowest BCUT2D eigenvalue weighted by atomic mass is 10.2. The Morgan fingerprint density at radius 3 is 2.66 bits per heavy atom. The van der Waals surface area contributed by atoms with Crippen molar-refractivity contribution in [3.8, 4) is 0 Å². The van der Waals surface area contributed by atoms with Crippen LogP contribution in [0, 0.1) is 12.7 Å². The maximum Gasteiger partial charge on any atom is 0.225 e. The zero-order valence-electron chi connectivity index (χ0n) is 17.1. The summed E-state index contributed by atoms with van der Waals surface area (Å²) in [6.07, 6.45) is 5.91. The van der Waals surface area contributed by atoms with Crippen molar-refractivity contribution in [2.75, 3.05) is 44.6 Å². The van der Waals surface area contributed by atoms with Crippen LogP contribution in [0.1, 0.15) is 24.0 Å². The van der Waals surface area contributed by atoms with Gasteiger partial charge >= 0.3 is 0 Å². The summed E-state index contributed by atoms with van der Waals surface area (Å²) in [4.78, 5) is 17.1. The molecule has 1 amide bonds. The molecule has 1 saturated heterocycles. The summed E-state index contributed by atoms with van der Waals surface area (Å²) >= 11 is 0. The number of anilines is 1. The molecule has 1 N–H and O–H groups in total. The van der Waals surface area contributed by atoms with E-state index in [0.717, 1.165) is 51.3 Å². The van der Waals surface area contributed by atoms with Crippen LogP contribution in [-0.4, -0.2) is 55.0 Å². The lowest BCUT2D eigenvalue weighted by Crippen LogP contribution is -2.32. The standard InChI is InChI=1S/C24H30FN3O/c1-20-10-11-22(25)19-23(20)26-24(29)12-16-28-15-6-14-27(17-18-28)13-5-9-21-7-3-2-4-8-21/h2-5,7-11,19H,6,12-18H2,1H3,(H,26,29)/b9-5+. The number of carbonyl (C=O) groups is 1. The van der Waals surface area contributed by atoms with Gasteiger partial charge in [0.15, 0.2) is 0 Å². The molecular weight excluding hydrogens is 365 g/mol. The molecule has 1 aliphatic rings. The van der Waals surface area contributed by atoms with Crippen LogP contribution in [0.4, 0.5) is 10.1 Å². The zero-order chi connectivity index (χ0) is 20.5. The number of nitrogens with zero attached hydrogens (tertiary/aromatic N) is 2. The molecule has 1 aliphatic heterocycles. The average molecular weight is 396 g/mol. The number of rotatable bonds is 7. The van der Waals surface area contributed by atoms with Crippen LogP contribution in [0.25, 0.3) is 6.08 Å². The molecule has 3 rings (SSSR count). The third-order valence-corrected chi connectivity index (χ3v) is 5.28. The number of carbonyl (C=O) groups excluding carboxylic acids is 1. The third-order valence-electron chi connectivity index (χ3n) is 5.28. The lowest BCUT2D eigenvalue weighted by molar-refractivity contribution is -0.116. The Labute approximate surface area is 173 Å². The van der Waals surface area contributed by atoms with E-state index in [4.69, 9.17) is 0 Å². The Hall–Kier alpha value is -2.50. The van der Waals surface area contributed by atoms with E-state index in [1.165, 1.54) is 17.7 Å².